The monoisotopic (exact) mass is 455 g/mol. The molecular weight excluding hydrogens is 431 g/mol. The molecule has 0 saturated carbocycles. The molecule has 0 atom stereocenters. The molecule has 2 rings (SSSR count). The summed E-state index contributed by atoms with van der Waals surface area (Å²) >= 11 is 0. The van der Waals surface area contributed by atoms with Crippen LogP contribution in [0.2, 0.25) is 0 Å². The van der Waals surface area contributed by atoms with Gasteiger partial charge in [0, 0.05) is 31.9 Å². The second-order valence-electron chi connectivity index (χ2n) is 6.26. The maximum Gasteiger partial charge on any atom is 0.490 e. The van der Waals surface area contributed by atoms with Gasteiger partial charge in [0.15, 0.2) is 0 Å². The Kier molecular flexibility index (Phi) is 8.90. The van der Waals surface area contributed by atoms with E-state index < -0.39 is 28.1 Å². The Hall–Kier alpha value is -2.54. The molecule has 1 heterocycles. The number of halogens is 3. The topological polar surface area (TPSA) is 127 Å². The number of anilines is 2. The van der Waals surface area contributed by atoms with E-state index in [1.807, 2.05) is 0 Å². The van der Waals surface area contributed by atoms with Crippen LogP contribution >= 0.6 is 0 Å². The van der Waals surface area contributed by atoms with Crippen molar-refractivity contribution in [2.75, 3.05) is 48.1 Å². The van der Waals surface area contributed by atoms with Gasteiger partial charge in [-0.3, -0.25) is 4.72 Å². The van der Waals surface area contributed by atoms with Crippen LogP contribution in [0.5, 0.6) is 0 Å². The van der Waals surface area contributed by atoms with Gasteiger partial charge >= 0.3 is 18.1 Å². The lowest BCUT2D eigenvalue weighted by atomic mass is 10.1. The van der Waals surface area contributed by atoms with Gasteiger partial charge in [-0.15, -0.1) is 0 Å². The molecule has 0 aliphatic carbocycles. The molecule has 0 aromatic heterocycles. The van der Waals surface area contributed by atoms with Gasteiger partial charge in [-0.1, -0.05) is 6.92 Å². The third-order valence-electron chi connectivity index (χ3n) is 4.31. The molecule has 9 nitrogen and oxygen atoms in total. The van der Waals surface area contributed by atoms with Crippen LogP contribution in [-0.4, -0.2) is 80.1 Å². The maximum atomic E-state index is 11.7. The molecule has 1 fully saturated rings. The van der Waals surface area contributed by atoms with Crippen molar-refractivity contribution in [2.24, 2.45) is 0 Å². The minimum absolute atomic E-state index is 0.0301. The zero-order valence-electron chi connectivity index (χ0n) is 16.4. The number of carbonyl (C=O) groups is 2. The Morgan fingerprint density at radius 2 is 1.63 bits per heavy atom. The highest BCUT2D eigenvalue weighted by atomic mass is 32.2. The number of nitrogens with one attached hydrogen (secondary N) is 1. The third-order valence-corrected chi connectivity index (χ3v) is 5.60. The van der Waals surface area contributed by atoms with Crippen molar-refractivity contribution in [1.82, 2.24) is 4.90 Å². The van der Waals surface area contributed by atoms with Gasteiger partial charge in [-0.25, -0.2) is 18.0 Å². The number of rotatable bonds is 6. The summed E-state index contributed by atoms with van der Waals surface area (Å²) in [6.45, 7) is 8.15. The van der Waals surface area contributed by atoms with E-state index in [4.69, 9.17) is 9.90 Å². The molecule has 1 aliphatic rings. The fourth-order valence-corrected chi connectivity index (χ4v) is 3.21. The van der Waals surface area contributed by atoms with E-state index >= 15 is 0 Å². The number of carboxylic acid groups (broad SMARTS) is 2. The van der Waals surface area contributed by atoms with Crippen molar-refractivity contribution >= 4 is 33.3 Å². The van der Waals surface area contributed by atoms with E-state index in [2.05, 4.69) is 21.4 Å². The van der Waals surface area contributed by atoms with E-state index in [1.165, 1.54) is 19.1 Å². The number of benzene rings is 1. The van der Waals surface area contributed by atoms with Crippen LogP contribution in [0, 0.1) is 0 Å². The average molecular weight is 455 g/mol. The average Bonchev–Trinajstić information content (AvgIpc) is 2.67. The zero-order valence-corrected chi connectivity index (χ0v) is 17.3. The Balaban J connectivity index is 0.000000553. The van der Waals surface area contributed by atoms with Crippen molar-refractivity contribution in [3.63, 3.8) is 0 Å². The molecule has 0 radical (unpaired) electrons. The van der Waals surface area contributed by atoms with E-state index in [-0.39, 0.29) is 17.0 Å². The van der Waals surface area contributed by atoms with Gasteiger partial charge in [0.2, 0.25) is 10.0 Å². The van der Waals surface area contributed by atoms with Gasteiger partial charge in [0.1, 0.15) is 0 Å². The van der Waals surface area contributed by atoms with Crippen molar-refractivity contribution in [1.29, 1.82) is 0 Å². The second-order valence-corrected chi connectivity index (χ2v) is 8.28. The van der Waals surface area contributed by atoms with E-state index in [0.717, 1.165) is 38.4 Å². The lowest BCUT2D eigenvalue weighted by Crippen LogP contribution is -2.46. The van der Waals surface area contributed by atoms with Gasteiger partial charge in [0.25, 0.3) is 0 Å². The number of piperazine rings is 1. The fourth-order valence-electron chi connectivity index (χ4n) is 2.56. The minimum atomic E-state index is -5.08. The quantitative estimate of drug-likeness (QED) is 0.594. The van der Waals surface area contributed by atoms with Crippen LogP contribution in [0.4, 0.5) is 24.5 Å². The SMILES string of the molecule is CCN1CCN(c2ccc(NS(=O)(=O)CC)c(C(=O)O)c2)CC1.O=C(O)C(F)(F)F. The number of hydrogen-bond donors (Lipinski definition) is 3. The summed E-state index contributed by atoms with van der Waals surface area (Å²) in [5.41, 5.74) is 0.880. The summed E-state index contributed by atoms with van der Waals surface area (Å²) in [6.07, 6.45) is -5.08. The van der Waals surface area contributed by atoms with Crippen molar-refractivity contribution in [3.05, 3.63) is 23.8 Å². The zero-order chi connectivity index (χ0) is 23.1. The molecule has 0 bridgehead atoms. The molecular formula is C17H24F3N3O6S. The van der Waals surface area contributed by atoms with Crippen molar-refractivity contribution in [2.45, 2.75) is 20.0 Å². The highest BCUT2D eigenvalue weighted by molar-refractivity contribution is 7.92. The Morgan fingerprint density at radius 3 is 2.03 bits per heavy atom. The van der Waals surface area contributed by atoms with E-state index in [0.29, 0.717) is 0 Å². The molecule has 1 aliphatic heterocycles. The van der Waals surface area contributed by atoms with Crippen LogP contribution in [0.3, 0.4) is 0 Å². The van der Waals surface area contributed by atoms with Gasteiger partial charge in [-0.05, 0) is 31.7 Å². The van der Waals surface area contributed by atoms with E-state index in [1.54, 1.807) is 6.07 Å². The Labute approximate surface area is 172 Å². The van der Waals surface area contributed by atoms with Crippen molar-refractivity contribution in [3.8, 4) is 0 Å². The first kappa shape index (κ1) is 25.5. The number of nitrogens with zero attached hydrogens (tertiary/aromatic N) is 2. The molecule has 1 saturated heterocycles. The van der Waals surface area contributed by atoms with Crippen LogP contribution < -0.4 is 9.62 Å². The number of aliphatic carboxylic acids is 1. The first-order valence-corrected chi connectivity index (χ1v) is 10.6. The maximum absolute atomic E-state index is 11.7. The minimum Gasteiger partial charge on any atom is -0.478 e. The summed E-state index contributed by atoms with van der Waals surface area (Å²) in [5, 5.41) is 16.5. The first-order chi connectivity index (χ1) is 13.8. The summed E-state index contributed by atoms with van der Waals surface area (Å²) in [5.74, 6) is -4.01. The Bertz CT molecular complexity index is 853. The second kappa shape index (κ2) is 10.5. The van der Waals surface area contributed by atoms with Crippen LogP contribution in [0.15, 0.2) is 18.2 Å². The molecule has 1 aromatic rings. The number of sulfonamides is 1. The lowest BCUT2D eigenvalue weighted by molar-refractivity contribution is -0.192. The molecule has 13 heteroatoms. The molecule has 30 heavy (non-hydrogen) atoms. The van der Waals surface area contributed by atoms with E-state index in [9.17, 15) is 31.5 Å². The summed E-state index contributed by atoms with van der Waals surface area (Å²) in [7, 11) is -3.51. The first-order valence-electron chi connectivity index (χ1n) is 8.96. The van der Waals surface area contributed by atoms with Crippen LogP contribution in [0.1, 0.15) is 24.2 Å². The Morgan fingerprint density at radius 1 is 1.10 bits per heavy atom. The highest BCUT2D eigenvalue weighted by Crippen LogP contribution is 2.25. The third kappa shape index (κ3) is 7.71. The largest absolute Gasteiger partial charge is 0.490 e. The normalized spacial score (nSPS) is 15.2. The van der Waals surface area contributed by atoms with Crippen LogP contribution in [0.25, 0.3) is 0 Å². The molecule has 0 amide bonds. The molecule has 170 valence electrons. The van der Waals surface area contributed by atoms with Crippen LogP contribution in [-0.2, 0) is 14.8 Å². The number of carboxylic acids is 2. The smallest absolute Gasteiger partial charge is 0.478 e. The van der Waals surface area contributed by atoms with Crippen molar-refractivity contribution < 1.29 is 41.4 Å². The van der Waals surface area contributed by atoms with Gasteiger partial charge < -0.3 is 20.0 Å². The predicted octanol–water partition coefficient (Wildman–Crippen LogP) is 1.92. The van der Waals surface area contributed by atoms with Gasteiger partial charge in [0.05, 0.1) is 17.0 Å². The number of alkyl halides is 3. The molecule has 1 aromatic carbocycles. The standard InChI is InChI=1S/C15H23N3O4S.C2HF3O2/c1-3-17-7-9-18(10-8-17)12-5-6-14(13(11-12)15(19)20)16-23(21,22)4-2;3-2(4,5)1(6)7/h5-6,11,16H,3-4,7-10H2,1-2H3,(H,19,20);(H,6,7). The summed E-state index contributed by atoms with van der Waals surface area (Å²) in [4.78, 5) is 24.8. The number of aromatic carboxylic acids is 1. The summed E-state index contributed by atoms with van der Waals surface area (Å²) < 4.78 is 57.4. The fraction of sp³-hybridized carbons (Fsp3) is 0.529. The molecule has 3 N–H and O–H groups in total. The molecule has 0 unspecified atom stereocenters. The predicted molar refractivity (Wildman–Crippen MR) is 105 cm³/mol. The highest BCUT2D eigenvalue weighted by Gasteiger charge is 2.38. The lowest BCUT2D eigenvalue weighted by Gasteiger charge is -2.35. The number of likely N-dealkylation sites (N-methyl/N-ethyl adjacent to an activating group) is 1. The summed E-state index contributed by atoms with van der Waals surface area (Å²) in [6, 6.07) is 4.83. The molecule has 0 spiro atoms. The number of hydrogen-bond acceptors (Lipinski definition) is 6. The van der Waals surface area contributed by atoms with Gasteiger partial charge in [-0.2, -0.15) is 13.2 Å².